The normalized spacial score (nSPS) is 22.4. The lowest BCUT2D eigenvalue weighted by Gasteiger charge is -2.36. The van der Waals surface area contributed by atoms with Crippen LogP contribution in [0.3, 0.4) is 0 Å². The molecular weight excluding hydrogens is 304 g/mol. The maximum atomic E-state index is 12.1. The van der Waals surface area contributed by atoms with Gasteiger partial charge < -0.3 is 19.2 Å². The summed E-state index contributed by atoms with van der Waals surface area (Å²) in [5.74, 6) is 0. The molecule has 1 aliphatic heterocycles. The summed E-state index contributed by atoms with van der Waals surface area (Å²) in [6.45, 7) is 4.16. The van der Waals surface area contributed by atoms with E-state index in [-0.39, 0.29) is 6.61 Å². The zero-order valence-corrected chi connectivity index (χ0v) is 13.6. The van der Waals surface area contributed by atoms with Crippen LogP contribution < -0.4 is 0 Å². The van der Waals surface area contributed by atoms with Gasteiger partial charge >= 0.3 is 15.2 Å². The molecule has 118 valence electrons. The number of rotatable bonds is 6. The van der Waals surface area contributed by atoms with Gasteiger partial charge in [0.25, 0.3) is 0 Å². The molecule has 0 saturated carbocycles. The van der Waals surface area contributed by atoms with Gasteiger partial charge in [0.2, 0.25) is 5.52 Å². The second-order valence-corrected chi connectivity index (χ2v) is 8.67. The molecule has 0 aromatic rings. The molecule has 0 aliphatic carbocycles. The lowest BCUT2D eigenvalue weighted by atomic mass is 10.0. The SMILES string of the molecule is CCC=C1CCN(C(P(=O)(O)O)P(=O)(O)OCC)CC1. The molecule has 9 heteroatoms. The van der Waals surface area contributed by atoms with Crippen LogP contribution >= 0.6 is 15.2 Å². The van der Waals surface area contributed by atoms with E-state index in [1.54, 1.807) is 0 Å². The first-order valence-electron chi connectivity index (χ1n) is 6.66. The zero-order chi connectivity index (χ0) is 15.4. The molecule has 3 N–H and O–H groups in total. The summed E-state index contributed by atoms with van der Waals surface area (Å²) in [7, 11) is -9.15. The molecule has 2 atom stereocenters. The average molecular weight is 327 g/mol. The van der Waals surface area contributed by atoms with Gasteiger partial charge in [-0.25, -0.2) is 0 Å². The predicted octanol–water partition coefficient (Wildman–Crippen LogP) is 2.10. The predicted molar refractivity (Wildman–Crippen MR) is 76.5 cm³/mol. The van der Waals surface area contributed by atoms with Crippen LogP contribution in [0.15, 0.2) is 11.6 Å². The largest absolute Gasteiger partial charge is 0.357 e. The summed E-state index contributed by atoms with van der Waals surface area (Å²) in [5, 5.41) is 0. The summed E-state index contributed by atoms with van der Waals surface area (Å²) in [4.78, 5) is 30.0. The van der Waals surface area contributed by atoms with Crippen molar-refractivity contribution in [2.45, 2.75) is 38.6 Å². The van der Waals surface area contributed by atoms with Crippen molar-refractivity contribution in [3.63, 3.8) is 0 Å². The molecule has 1 saturated heterocycles. The van der Waals surface area contributed by atoms with Crippen LogP contribution in [-0.2, 0) is 13.7 Å². The minimum absolute atomic E-state index is 0.0703. The lowest BCUT2D eigenvalue weighted by molar-refractivity contribution is 0.193. The van der Waals surface area contributed by atoms with Crippen molar-refractivity contribution in [3.8, 4) is 0 Å². The molecule has 1 fully saturated rings. The van der Waals surface area contributed by atoms with Crippen LogP contribution in [0.4, 0.5) is 0 Å². The first kappa shape index (κ1) is 18.1. The molecule has 0 radical (unpaired) electrons. The monoisotopic (exact) mass is 327 g/mol. The molecule has 0 bridgehead atoms. The van der Waals surface area contributed by atoms with E-state index < -0.39 is 20.7 Å². The van der Waals surface area contributed by atoms with E-state index >= 15 is 0 Å². The van der Waals surface area contributed by atoms with Crippen molar-refractivity contribution < 1.29 is 28.3 Å². The highest BCUT2D eigenvalue weighted by Gasteiger charge is 2.49. The number of likely N-dealkylation sites (tertiary alicyclic amines) is 1. The van der Waals surface area contributed by atoms with Crippen LogP contribution in [0, 0.1) is 0 Å². The van der Waals surface area contributed by atoms with E-state index in [1.165, 1.54) is 17.4 Å². The van der Waals surface area contributed by atoms with Crippen molar-refractivity contribution in [2.75, 3.05) is 19.7 Å². The first-order valence-corrected chi connectivity index (χ1v) is 9.99. The summed E-state index contributed by atoms with van der Waals surface area (Å²) < 4.78 is 28.3. The van der Waals surface area contributed by atoms with Crippen LogP contribution in [0.25, 0.3) is 0 Å². The Labute approximate surface area is 119 Å². The smallest absolute Gasteiger partial charge is 0.323 e. The van der Waals surface area contributed by atoms with Crippen LogP contribution in [0.1, 0.15) is 33.1 Å². The van der Waals surface area contributed by atoms with Gasteiger partial charge in [-0.05, 0) is 26.2 Å². The molecule has 1 aliphatic rings. The van der Waals surface area contributed by atoms with Gasteiger partial charge in [-0.2, -0.15) is 0 Å². The second-order valence-electron chi connectivity index (χ2n) is 4.72. The van der Waals surface area contributed by atoms with Gasteiger partial charge in [-0.1, -0.05) is 18.6 Å². The van der Waals surface area contributed by atoms with Crippen molar-refractivity contribution in [1.29, 1.82) is 0 Å². The van der Waals surface area contributed by atoms with Crippen molar-refractivity contribution in [1.82, 2.24) is 4.90 Å². The van der Waals surface area contributed by atoms with E-state index in [1.807, 2.05) is 6.92 Å². The zero-order valence-electron chi connectivity index (χ0n) is 11.8. The molecule has 2 unspecified atom stereocenters. The van der Waals surface area contributed by atoms with Gasteiger partial charge in [-0.15, -0.1) is 0 Å². The Kier molecular flexibility index (Phi) is 6.61. The van der Waals surface area contributed by atoms with E-state index in [2.05, 4.69) is 6.08 Å². The number of nitrogens with zero attached hydrogens (tertiary/aromatic N) is 1. The molecule has 7 nitrogen and oxygen atoms in total. The third-order valence-corrected chi connectivity index (χ3v) is 7.41. The average Bonchev–Trinajstić information content (AvgIpc) is 2.29. The Morgan fingerprint density at radius 3 is 2.20 bits per heavy atom. The Morgan fingerprint density at radius 2 is 1.80 bits per heavy atom. The van der Waals surface area contributed by atoms with Crippen LogP contribution in [-0.4, -0.2) is 44.8 Å². The van der Waals surface area contributed by atoms with Gasteiger partial charge in [0.05, 0.1) is 6.61 Å². The van der Waals surface area contributed by atoms with Crippen LogP contribution in [0.2, 0.25) is 0 Å². The van der Waals surface area contributed by atoms with Gasteiger partial charge in [0.15, 0.2) is 0 Å². The van der Waals surface area contributed by atoms with E-state index in [4.69, 9.17) is 4.52 Å². The minimum Gasteiger partial charge on any atom is -0.323 e. The Bertz CT molecular complexity index is 436. The topological polar surface area (TPSA) is 107 Å². The third-order valence-electron chi connectivity index (χ3n) is 3.17. The molecule has 0 aromatic carbocycles. The quantitative estimate of drug-likeness (QED) is 0.506. The molecular formula is C11H23NO6P2. The Balaban J connectivity index is 2.90. The second kappa shape index (κ2) is 7.32. The molecule has 0 aromatic heterocycles. The lowest BCUT2D eigenvalue weighted by Crippen LogP contribution is -2.39. The van der Waals surface area contributed by atoms with Crippen LogP contribution in [0.5, 0.6) is 0 Å². The minimum atomic E-state index is -4.76. The van der Waals surface area contributed by atoms with Crippen molar-refractivity contribution in [2.24, 2.45) is 0 Å². The highest BCUT2D eigenvalue weighted by molar-refractivity contribution is 7.71. The molecule has 1 rings (SSSR count). The van der Waals surface area contributed by atoms with Gasteiger partial charge in [-0.3, -0.25) is 14.0 Å². The highest BCUT2D eigenvalue weighted by Crippen LogP contribution is 2.64. The van der Waals surface area contributed by atoms with E-state index in [0.717, 1.165) is 6.42 Å². The van der Waals surface area contributed by atoms with E-state index in [0.29, 0.717) is 25.9 Å². The summed E-state index contributed by atoms with van der Waals surface area (Å²) in [5.41, 5.74) is -0.546. The maximum absolute atomic E-state index is 12.1. The maximum Gasteiger partial charge on any atom is 0.357 e. The summed E-state index contributed by atoms with van der Waals surface area (Å²) in [6, 6.07) is 0. The Hall–Kier alpha value is -0.0000000000000000416. The molecule has 0 amide bonds. The third kappa shape index (κ3) is 4.78. The van der Waals surface area contributed by atoms with Gasteiger partial charge in [0.1, 0.15) is 0 Å². The number of allylic oxidation sites excluding steroid dienone is 1. The number of piperidine rings is 1. The molecule has 1 heterocycles. The molecule has 20 heavy (non-hydrogen) atoms. The summed E-state index contributed by atoms with van der Waals surface area (Å²) >= 11 is 0. The highest BCUT2D eigenvalue weighted by atomic mass is 31.2. The fraction of sp³-hybridized carbons (Fsp3) is 0.818. The van der Waals surface area contributed by atoms with Crippen molar-refractivity contribution >= 4 is 15.2 Å². The fourth-order valence-electron chi connectivity index (χ4n) is 2.40. The van der Waals surface area contributed by atoms with Gasteiger partial charge in [0, 0.05) is 13.1 Å². The fourth-order valence-corrected chi connectivity index (χ4v) is 5.92. The number of hydrogen-bond acceptors (Lipinski definition) is 4. The number of hydrogen-bond donors (Lipinski definition) is 3. The Morgan fingerprint density at radius 1 is 1.25 bits per heavy atom. The summed E-state index contributed by atoms with van der Waals surface area (Å²) in [6.07, 6.45) is 4.30. The van der Waals surface area contributed by atoms with E-state index in [9.17, 15) is 23.8 Å². The first-order chi connectivity index (χ1) is 9.22. The standard InChI is InChI=1S/C11H23NO6P2/c1-3-5-10-6-8-12(9-7-10)11(19(13,14)15)20(16,17)18-4-2/h5,11H,3-4,6-9H2,1-2H3,(H,16,17)(H2,13,14,15). The molecule has 0 spiro atoms. The van der Waals surface area contributed by atoms with Crippen molar-refractivity contribution in [3.05, 3.63) is 11.6 Å².